The van der Waals surface area contributed by atoms with Gasteiger partial charge in [-0.05, 0) is 25.3 Å². The smallest absolute Gasteiger partial charge is 0.0590 e. The number of ether oxygens (including phenoxy) is 2. The molecule has 0 heterocycles. The van der Waals surface area contributed by atoms with Crippen molar-refractivity contribution in [2.24, 2.45) is 11.8 Å². The third-order valence-electron chi connectivity index (χ3n) is 2.59. The lowest BCUT2D eigenvalue weighted by molar-refractivity contribution is 0.0617. The average Bonchev–Trinajstić information content (AvgIpc) is 2.21. The van der Waals surface area contributed by atoms with Crippen LogP contribution in [0, 0.1) is 11.8 Å². The van der Waals surface area contributed by atoms with Crippen LogP contribution in [0.1, 0.15) is 27.2 Å². The van der Waals surface area contributed by atoms with Crippen LogP contribution in [-0.4, -0.2) is 40.0 Å². The number of hydrogen-bond acceptors (Lipinski definition) is 3. The normalized spacial score (nSPS) is 13.4. The Balaban J connectivity index is 3.05. The maximum atomic E-state index is 5.57. The molecular formula is C12H27NO2. The molecule has 92 valence electrons. The average molecular weight is 217 g/mol. The van der Waals surface area contributed by atoms with Crippen LogP contribution in [0.4, 0.5) is 0 Å². The van der Waals surface area contributed by atoms with Gasteiger partial charge in [0, 0.05) is 26.4 Å². The molecule has 0 aromatic carbocycles. The minimum Gasteiger partial charge on any atom is -0.381 e. The van der Waals surface area contributed by atoms with E-state index in [9.17, 15) is 0 Å². The Morgan fingerprint density at radius 3 is 2.27 bits per heavy atom. The van der Waals surface area contributed by atoms with Crippen molar-refractivity contribution in [2.75, 3.05) is 40.0 Å². The summed E-state index contributed by atoms with van der Waals surface area (Å²) in [5.74, 6) is 1.35. The van der Waals surface area contributed by atoms with Gasteiger partial charge in [-0.15, -0.1) is 0 Å². The number of nitrogens with one attached hydrogen (secondary N) is 1. The molecule has 1 N–H and O–H groups in total. The molecule has 0 spiro atoms. The summed E-state index contributed by atoms with van der Waals surface area (Å²) in [6.45, 7) is 10.9. The van der Waals surface area contributed by atoms with Gasteiger partial charge in [0.2, 0.25) is 0 Å². The van der Waals surface area contributed by atoms with Crippen LogP contribution in [0.15, 0.2) is 0 Å². The monoisotopic (exact) mass is 217 g/mol. The fraction of sp³-hybridized carbons (Fsp3) is 1.00. The van der Waals surface area contributed by atoms with Gasteiger partial charge >= 0.3 is 0 Å². The molecule has 1 atom stereocenters. The molecule has 0 aliphatic carbocycles. The van der Waals surface area contributed by atoms with E-state index in [1.807, 2.05) is 7.05 Å². The molecule has 0 aromatic heterocycles. The molecule has 0 fully saturated rings. The Labute approximate surface area is 94.5 Å². The third-order valence-corrected chi connectivity index (χ3v) is 2.59. The summed E-state index contributed by atoms with van der Waals surface area (Å²) >= 11 is 0. The van der Waals surface area contributed by atoms with E-state index in [-0.39, 0.29) is 0 Å². The van der Waals surface area contributed by atoms with Gasteiger partial charge in [-0.1, -0.05) is 20.8 Å². The van der Waals surface area contributed by atoms with Gasteiger partial charge in [-0.3, -0.25) is 0 Å². The Kier molecular flexibility index (Phi) is 10.3. The Morgan fingerprint density at radius 1 is 1.00 bits per heavy atom. The molecule has 0 aromatic rings. The van der Waals surface area contributed by atoms with Crippen LogP contribution >= 0.6 is 0 Å². The SMILES string of the molecule is CNCCOCCCOCC(C)C(C)C. The van der Waals surface area contributed by atoms with Gasteiger partial charge in [0.05, 0.1) is 6.61 Å². The second-order valence-electron chi connectivity index (χ2n) is 4.37. The van der Waals surface area contributed by atoms with Crippen molar-refractivity contribution >= 4 is 0 Å². The zero-order chi connectivity index (χ0) is 11.5. The van der Waals surface area contributed by atoms with Crippen LogP contribution in [0.25, 0.3) is 0 Å². The minimum atomic E-state index is 0.648. The van der Waals surface area contributed by atoms with Crippen molar-refractivity contribution in [3.63, 3.8) is 0 Å². The van der Waals surface area contributed by atoms with Crippen LogP contribution in [0.5, 0.6) is 0 Å². The molecule has 0 amide bonds. The molecule has 0 rings (SSSR count). The van der Waals surface area contributed by atoms with E-state index in [4.69, 9.17) is 9.47 Å². The second kappa shape index (κ2) is 10.4. The summed E-state index contributed by atoms with van der Waals surface area (Å²) in [5.41, 5.74) is 0. The predicted octanol–water partition coefficient (Wildman–Crippen LogP) is 1.92. The van der Waals surface area contributed by atoms with E-state index in [1.165, 1.54) is 0 Å². The summed E-state index contributed by atoms with van der Waals surface area (Å²) < 4.78 is 11.0. The second-order valence-corrected chi connectivity index (χ2v) is 4.37. The maximum absolute atomic E-state index is 5.57. The van der Waals surface area contributed by atoms with Gasteiger partial charge in [-0.2, -0.15) is 0 Å². The van der Waals surface area contributed by atoms with Crippen LogP contribution in [0.3, 0.4) is 0 Å². The summed E-state index contributed by atoms with van der Waals surface area (Å²) in [5, 5.41) is 3.04. The quantitative estimate of drug-likeness (QED) is 0.567. The zero-order valence-electron chi connectivity index (χ0n) is 10.7. The summed E-state index contributed by atoms with van der Waals surface area (Å²) in [7, 11) is 1.93. The first kappa shape index (κ1) is 14.9. The molecule has 0 aliphatic rings. The molecule has 0 saturated heterocycles. The lowest BCUT2D eigenvalue weighted by Gasteiger charge is -2.15. The third kappa shape index (κ3) is 10.2. The molecule has 15 heavy (non-hydrogen) atoms. The van der Waals surface area contributed by atoms with Gasteiger partial charge in [-0.25, -0.2) is 0 Å². The highest BCUT2D eigenvalue weighted by atomic mass is 16.5. The standard InChI is InChI=1S/C12H27NO2/c1-11(2)12(3)10-15-8-5-7-14-9-6-13-4/h11-13H,5-10H2,1-4H3. The number of likely N-dealkylation sites (N-methyl/N-ethyl adjacent to an activating group) is 1. The van der Waals surface area contributed by atoms with Crippen molar-refractivity contribution in [1.29, 1.82) is 0 Å². The van der Waals surface area contributed by atoms with Crippen molar-refractivity contribution in [3.05, 3.63) is 0 Å². The van der Waals surface area contributed by atoms with Gasteiger partial charge < -0.3 is 14.8 Å². The van der Waals surface area contributed by atoms with Gasteiger partial charge in [0.25, 0.3) is 0 Å². The van der Waals surface area contributed by atoms with E-state index in [2.05, 4.69) is 26.1 Å². The van der Waals surface area contributed by atoms with E-state index >= 15 is 0 Å². The Hall–Kier alpha value is -0.120. The van der Waals surface area contributed by atoms with Crippen molar-refractivity contribution in [1.82, 2.24) is 5.32 Å². The van der Waals surface area contributed by atoms with E-state index < -0.39 is 0 Å². The lowest BCUT2D eigenvalue weighted by atomic mass is 9.99. The van der Waals surface area contributed by atoms with E-state index in [0.717, 1.165) is 39.4 Å². The highest BCUT2D eigenvalue weighted by Gasteiger charge is 2.06. The first-order chi connectivity index (χ1) is 7.18. The molecule has 0 saturated carbocycles. The molecule has 0 radical (unpaired) electrons. The van der Waals surface area contributed by atoms with E-state index in [1.54, 1.807) is 0 Å². The summed E-state index contributed by atoms with van der Waals surface area (Å²) in [6.07, 6.45) is 0.995. The molecule has 0 aliphatic heterocycles. The highest BCUT2D eigenvalue weighted by molar-refractivity contribution is 4.54. The lowest BCUT2D eigenvalue weighted by Crippen LogP contribution is -2.16. The van der Waals surface area contributed by atoms with E-state index in [0.29, 0.717) is 11.8 Å². The Morgan fingerprint density at radius 2 is 1.67 bits per heavy atom. The fourth-order valence-corrected chi connectivity index (χ4v) is 1.00. The molecule has 1 unspecified atom stereocenters. The first-order valence-electron chi connectivity index (χ1n) is 5.98. The largest absolute Gasteiger partial charge is 0.381 e. The fourth-order valence-electron chi connectivity index (χ4n) is 1.00. The van der Waals surface area contributed by atoms with Crippen LogP contribution < -0.4 is 5.32 Å². The highest BCUT2D eigenvalue weighted by Crippen LogP contribution is 2.09. The topological polar surface area (TPSA) is 30.5 Å². The van der Waals surface area contributed by atoms with Crippen molar-refractivity contribution in [3.8, 4) is 0 Å². The summed E-state index contributed by atoms with van der Waals surface area (Å²) in [4.78, 5) is 0. The van der Waals surface area contributed by atoms with Gasteiger partial charge in [0.1, 0.15) is 0 Å². The number of hydrogen-bond donors (Lipinski definition) is 1. The summed E-state index contributed by atoms with van der Waals surface area (Å²) in [6, 6.07) is 0. The molecule has 3 heteroatoms. The number of rotatable bonds is 10. The van der Waals surface area contributed by atoms with Crippen molar-refractivity contribution in [2.45, 2.75) is 27.2 Å². The Bertz CT molecular complexity index is 129. The maximum Gasteiger partial charge on any atom is 0.0590 e. The minimum absolute atomic E-state index is 0.648. The van der Waals surface area contributed by atoms with Gasteiger partial charge in [0.15, 0.2) is 0 Å². The molecular weight excluding hydrogens is 190 g/mol. The zero-order valence-corrected chi connectivity index (χ0v) is 10.7. The first-order valence-corrected chi connectivity index (χ1v) is 5.98. The van der Waals surface area contributed by atoms with Crippen molar-refractivity contribution < 1.29 is 9.47 Å². The van der Waals surface area contributed by atoms with Crippen LogP contribution in [0.2, 0.25) is 0 Å². The predicted molar refractivity (Wildman–Crippen MR) is 64.2 cm³/mol. The van der Waals surface area contributed by atoms with Crippen LogP contribution in [-0.2, 0) is 9.47 Å². The molecule has 3 nitrogen and oxygen atoms in total. The molecule has 0 bridgehead atoms.